The van der Waals surface area contributed by atoms with Crippen molar-refractivity contribution in [1.29, 1.82) is 0 Å². The number of ether oxygens (including phenoxy) is 1. The van der Waals surface area contributed by atoms with Crippen LogP contribution in [-0.4, -0.2) is 25.8 Å². The first-order valence-corrected chi connectivity index (χ1v) is 10.4. The van der Waals surface area contributed by atoms with Crippen molar-refractivity contribution in [3.05, 3.63) is 64.6 Å². The maximum Gasteiger partial charge on any atom is 0.280 e. The van der Waals surface area contributed by atoms with Crippen LogP contribution >= 0.6 is 11.3 Å². The molecule has 1 aromatic carbocycles. The molecule has 0 unspecified atom stereocenters. The van der Waals surface area contributed by atoms with Crippen molar-refractivity contribution in [2.75, 3.05) is 5.32 Å². The van der Waals surface area contributed by atoms with Crippen molar-refractivity contribution in [1.82, 2.24) is 19.9 Å². The summed E-state index contributed by atoms with van der Waals surface area (Å²) in [6.45, 7) is 6.73. The smallest absolute Gasteiger partial charge is 0.280 e. The van der Waals surface area contributed by atoms with Crippen LogP contribution in [0, 0.1) is 13.8 Å². The predicted octanol–water partition coefficient (Wildman–Crippen LogP) is 4.46. The van der Waals surface area contributed by atoms with E-state index in [1.807, 2.05) is 54.4 Å². The summed E-state index contributed by atoms with van der Waals surface area (Å²) in [5, 5.41) is 13.3. The number of aromatic nitrogens is 4. The molecule has 0 saturated heterocycles. The fourth-order valence-electron chi connectivity index (χ4n) is 2.89. The van der Waals surface area contributed by atoms with E-state index in [4.69, 9.17) is 9.26 Å². The number of amides is 1. The monoisotopic (exact) mass is 423 g/mol. The average Bonchev–Trinajstić information content (AvgIpc) is 3.46. The van der Waals surface area contributed by atoms with Crippen LogP contribution in [0.4, 0.5) is 5.13 Å². The van der Waals surface area contributed by atoms with E-state index in [9.17, 15) is 4.79 Å². The van der Waals surface area contributed by atoms with Crippen LogP contribution in [0.2, 0.25) is 0 Å². The van der Waals surface area contributed by atoms with Crippen molar-refractivity contribution < 1.29 is 14.1 Å². The minimum Gasteiger partial charge on any atom is -0.489 e. The van der Waals surface area contributed by atoms with Crippen LogP contribution in [-0.2, 0) is 13.2 Å². The van der Waals surface area contributed by atoms with Crippen LogP contribution in [0.25, 0.3) is 11.3 Å². The average molecular weight is 423 g/mol. The van der Waals surface area contributed by atoms with E-state index in [-0.39, 0.29) is 18.2 Å². The molecule has 0 aliphatic rings. The van der Waals surface area contributed by atoms with Crippen molar-refractivity contribution >= 4 is 22.4 Å². The van der Waals surface area contributed by atoms with Crippen molar-refractivity contribution in [2.45, 2.75) is 33.9 Å². The molecule has 0 atom stereocenters. The van der Waals surface area contributed by atoms with Crippen LogP contribution in [0.1, 0.15) is 34.3 Å². The highest BCUT2D eigenvalue weighted by Crippen LogP contribution is 2.26. The normalized spacial score (nSPS) is 10.9. The van der Waals surface area contributed by atoms with Gasteiger partial charge in [-0.1, -0.05) is 17.3 Å². The molecule has 4 aromatic rings. The molecule has 0 bridgehead atoms. The minimum absolute atomic E-state index is 0.181. The van der Waals surface area contributed by atoms with Gasteiger partial charge in [-0.3, -0.25) is 14.8 Å². The molecule has 1 N–H and O–H groups in total. The van der Waals surface area contributed by atoms with E-state index in [1.54, 1.807) is 13.1 Å². The van der Waals surface area contributed by atoms with Gasteiger partial charge in [0, 0.05) is 23.7 Å². The lowest BCUT2D eigenvalue weighted by Gasteiger charge is -2.07. The first-order chi connectivity index (χ1) is 14.5. The van der Waals surface area contributed by atoms with Gasteiger partial charge in [0.25, 0.3) is 5.91 Å². The molecule has 8 nitrogen and oxygen atoms in total. The first kappa shape index (κ1) is 19.8. The van der Waals surface area contributed by atoms with Gasteiger partial charge in [-0.25, -0.2) is 4.98 Å². The van der Waals surface area contributed by atoms with Crippen molar-refractivity contribution in [3.63, 3.8) is 0 Å². The number of hydrogen-bond acceptors (Lipinski definition) is 7. The molecule has 0 radical (unpaired) electrons. The fraction of sp³-hybridized carbons (Fsp3) is 0.238. The number of carbonyl (C=O) groups is 1. The number of hydrogen-bond donors (Lipinski definition) is 1. The number of nitrogens with one attached hydrogen (secondary N) is 1. The van der Waals surface area contributed by atoms with Gasteiger partial charge in [0.15, 0.2) is 10.8 Å². The van der Waals surface area contributed by atoms with Crippen LogP contribution < -0.4 is 10.1 Å². The van der Waals surface area contributed by atoms with E-state index in [0.717, 1.165) is 29.1 Å². The maximum atomic E-state index is 12.8. The molecular weight excluding hydrogens is 402 g/mol. The molecule has 0 fully saturated rings. The zero-order chi connectivity index (χ0) is 21.1. The molecule has 30 heavy (non-hydrogen) atoms. The molecular formula is C21H21N5O3S. The molecule has 9 heteroatoms. The Morgan fingerprint density at radius 1 is 1.33 bits per heavy atom. The quantitative estimate of drug-likeness (QED) is 0.471. The van der Waals surface area contributed by atoms with Gasteiger partial charge >= 0.3 is 0 Å². The second kappa shape index (κ2) is 8.50. The van der Waals surface area contributed by atoms with Gasteiger partial charge in [-0.2, -0.15) is 5.10 Å². The molecule has 0 spiro atoms. The molecule has 1 amide bonds. The Hall–Kier alpha value is -3.46. The number of rotatable bonds is 7. The lowest BCUT2D eigenvalue weighted by Crippen LogP contribution is -2.15. The third kappa shape index (κ3) is 4.25. The highest BCUT2D eigenvalue weighted by Gasteiger charge is 2.21. The SMILES string of the molecule is CCn1cc(-c2csc(NC(=O)c3noc(C)c3COc3cccc(C)c3)n2)cn1. The second-order valence-corrected chi connectivity index (χ2v) is 7.61. The van der Waals surface area contributed by atoms with Gasteiger partial charge in [-0.15, -0.1) is 11.3 Å². The summed E-state index contributed by atoms with van der Waals surface area (Å²) >= 11 is 1.34. The maximum absolute atomic E-state index is 12.8. The third-order valence-corrected chi connectivity index (χ3v) is 5.31. The van der Waals surface area contributed by atoms with Gasteiger partial charge in [-0.05, 0) is 38.5 Å². The highest BCUT2D eigenvalue weighted by molar-refractivity contribution is 7.14. The largest absolute Gasteiger partial charge is 0.489 e. The summed E-state index contributed by atoms with van der Waals surface area (Å²) in [5.41, 5.74) is 3.55. The lowest BCUT2D eigenvalue weighted by molar-refractivity contribution is 0.101. The number of benzene rings is 1. The Labute approximate surface area is 177 Å². The third-order valence-electron chi connectivity index (χ3n) is 4.55. The van der Waals surface area contributed by atoms with Gasteiger partial charge in [0.2, 0.25) is 0 Å². The summed E-state index contributed by atoms with van der Waals surface area (Å²) in [5.74, 6) is 0.874. The number of carbonyl (C=O) groups excluding carboxylic acids is 1. The Balaban J connectivity index is 1.46. The Kier molecular flexibility index (Phi) is 5.62. The van der Waals surface area contributed by atoms with E-state index in [1.165, 1.54) is 11.3 Å². The second-order valence-electron chi connectivity index (χ2n) is 6.75. The van der Waals surface area contributed by atoms with Crippen molar-refractivity contribution in [3.8, 4) is 17.0 Å². The van der Waals surface area contributed by atoms with E-state index < -0.39 is 0 Å². The Morgan fingerprint density at radius 3 is 2.97 bits per heavy atom. The summed E-state index contributed by atoms with van der Waals surface area (Å²) in [7, 11) is 0. The van der Waals surface area contributed by atoms with Gasteiger partial charge < -0.3 is 9.26 Å². The van der Waals surface area contributed by atoms with E-state index in [0.29, 0.717) is 16.5 Å². The standard InChI is InChI=1S/C21H21N5O3S/c1-4-26-10-15(9-22-26)18-12-30-21(23-18)24-20(27)19-17(14(3)29-25-19)11-28-16-7-5-6-13(2)8-16/h5-10,12H,4,11H2,1-3H3,(H,23,24,27). The van der Waals surface area contributed by atoms with Crippen LogP contribution in [0.15, 0.2) is 46.6 Å². The van der Waals surface area contributed by atoms with Crippen molar-refractivity contribution in [2.24, 2.45) is 0 Å². The van der Waals surface area contributed by atoms with Crippen LogP contribution in [0.5, 0.6) is 5.75 Å². The summed E-state index contributed by atoms with van der Waals surface area (Å²) in [4.78, 5) is 17.2. The molecule has 3 heterocycles. The van der Waals surface area contributed by atoms with E-state index >= 15 is 0 Å². The first-order valence-electron chi connectivity index (χ1n) is 9.47. The fourth-order valence-corrected chi connectivity index (χ4v) is 3.60. The number of anilines is 1. The molecule has 4 rings (SSSR count). The molecule has 154 valence electrons. The summed E-state index contributed by atoms with van der Waals surface area (Å²) < 4.78 is 12.9. The lowest BCUT2D eigenvalue weighted by atomic mass is 10.2. The number of aryl methyl sites for hydroxylation is 3. The molecule has 0 aliphatic carbocycles. The predicted molar refractivity (Wildman–Crippen MR) is 114 cm³/mol. The molecule has 0 saturated carbocycles. The zero-order valence-corrected chi connectivity index (χ0v) is 17.7. The van der Waals surface area contributed by atoms with Gasteiger partial charge in [0.05, 0.1) is 17.5 Å². The Morgan fingerprint density at radius 2 is 2.20 bits per heavy atom. The highest BCUT2D eigenvalue weighted by atomic mass is 32.1. The van der Waals surface area contributed by atoms with Gasteiger partial charge in [0.1, 0.15) is 18.1 Å². The van der Waals surface area contributed by atoms with E-state index in [2.05, 4.69) is 20.6 Å². The number of thiazole rings is 1. The minimum atomic E-state index is -0.389. The number of nitrogens with zero attached hydrogens (tertiary/aromatic N) is 4. The summed E-state index contributed by atoms with van der Waals surface area (Å²) in [6.07, 6.45) is 3.67. The zero-order valence-electron chi connectivity index (χ0n) is 16.9. The molecule has 0 aliphatic heterocycles. The Bertz CT molecular complexity index is 1180. The summed E-state index contributed by atoms with van der Waals surface area (Å²) in [6, 6.07) is 7.71. The molecule has 3 aromatic heterocycles. The topological polar surface area (TPSA) is 95.1 Å². The van der Waals surface area contributed by atoms with Crippen LogP contribution in [0.3, 0.4) is 0 Å².